The fraction of sp³-hybridized carbons (Fsp3) is 0.846. The molecule has 1 fully saturated rings. The molecular weight excluding hydrogens is 246 g/mol. The number of methoxy groups -OCH3 is 1. The van der Waals surface area contributed by atoms with Gasteiger partial charge in [-0.2, -0.15) is 0 Å². The second-order valence-electron chi connectivity index (χ2n) is 5.44. The van der Waals surface area contributed by atoms with E-state index in [0.29, 0.717) is 13.0 Å². The molecule has 1 aliphatic carbocycles. The zero-order valence-electron chi connectivity index (χ0n) is 11.8. The van der Waals surface area contributed by atoms with Crippen LogP contribution in [-0.2, 0) is 9.53 Å². The number of rotatable bonds is 6. The van der Waals surface area contributed by atoms with Crippen molar-refractivity contribution in [2.24, 2.45) is 16.8 Å². The summed E-state index contributed by atoms with van der Waals surface area (Å²) in [5, 5.41) is 15.0. The van der Waals surface area contributed by atoms with E-state index >= 15 is 0 Å². The molecule has 0 aromatic rings. The third-order valence-electron chi connectivity index (χ3n) is 3.67. The third-order valence-corrected chi connectivity index (χ3v) is 3.67. The molecule has 0 spiro atoms. The van der Waals surface area contributed by atoms with Crippen LogP contribution in [0.2, 0.25) is 0 Å². The minimum absolute atomic E-state index is 0.0712. The van der Waals surface area contributed by atoms with Gasteiger partial charge in [-0.25, -0.2) is 0 Å². The first kappa shape index (κ1) is 15.8. The molecule has 0 aliphatic heterocycles. The Morgan fingerprint density at radius 2 is 2.11 bits per heavy atom. The Hall–Kier alpha value is -1.30. The van der Waals surface area contributed by atoms with E-state index in [2.05, 4.69) is 10.5 Å². The van der Waals surface area contributed by atoms with Crippen LogP contribution in [0.15, 0.2) is 5.16 Å². The molecule has 1 amide bonds. The van der Waals surface area contributed by atoms with E-state index in [-0.39, 0.29) is 17.7 Å². The van der Waals surface area contributed by atoms with E-state index in [1.54, 1.807) is 7.11 Å². The Balaban J connectivity index is 2.65. The SMILES string of the molecule is COCC(C)CC(=O)NC1(C(N)=NO)CCCCC1. The number of amidine groups is 1. The molecule has 0 saturated heterocycles. The molecule has 0 radical (unpaired) electrons. The van der Waals surface area contributed by atoms with Crippen LogP contribution in [-0.4, -0.2) is 36.2 Å². The Bertz CT molecular complexity index is 325. The molecule has 1 unspecified atom stereocenters. The number of oxime groups is 1. The zero-order chi connectivity index (χ0) is 14.3. The van der Waals surface area contributed by atoms with Crippen molar-refractivity contribution < 1.29 is 14.7 Å². The molecule has 110 valence electrons. The maximum Gasteiger partial charge on any atom is 0.221 e. The van der Waals surface area contributed by atoms with Crippen LogP contribution in [0.3, 0.4) is 0 Å². The van der Waals surface area contributed by atoms with Gasteiger partial charge in [0, 0.05) is 20.1 Å². The van der Waals surface area contributed by atoms with Crippen LogP contribution in [0.25, 0.3) is 0 Å². The summed E-state index contributed by atoms with van der Waals surface area (Å²) in [6.45, 7) is 2.50. The topological polar surface area (TPSA) is 96.9 Å². The number of nitrogens with two attached hydrogens (primary N) is 1. The number of hydrogen-bond donors (Lipinski definition) is 3. The van der Waals surface area contributed by atoms with Gasteiger partial charge in [0.05, 0.1) is 0 Å². The van der Waals surface area contributed by atoms with Crippen LogP contribution < -0.4 is 11.1 Å². The number of carbonyl (C=O) groups is 1. The van der Waals surface area contributed by atoms with Crippen molar-refractivity contribution >= 4 is 11.7 Å². The van der Waals surface area contributed by atoms with E-state index in [1.165, 1.54) is 0 Å². The Morgan fingerprint density at radius 1 is 1.47 bits per heavy atom. The Kier molecular flexibility index (Phi) is 6.08. The smallest absolute Gasteiger partial charge is 0.221 e. The second-order valence-corrected chi connectivity index (χ2v) is 5.44. The molecule has 0 aromatic heterocycles. The normalized spacial score (nSPS) is 20.8. The molecule has 19 heavy (non-hydrogen) atoms. The van der Waals surface area contributed by atoms with Gasteiger partial charge in [-0.3, -0.25) is 4.79 Å². The highest BCUT2D eigenvalue weighted by Gasteiger charge is 2.38. The molecule has 6 nitrogen and oxygen atoms in total. The maximum atomic E-state index is 12.1. The molecule has 0 bridgehead atoms. The van der Waals surface area contributed by atoms with Crippen molar-refractivity contribution in [1.29, 1.82) is 0 Å². The quantitative estimate of drug-likeness (QED) is 0.293. The van der Waals surface area contributed by atoms with Crippen molar-refractivity contribution in [3.05, 3.63) is 0 Å². The average molecular weight is 271 g/mol. The molecule has 1 atom stereocenters. The molecule has 1 aliphatic rings. The van der Waals surface area contributed by atoms with Crippen LogP contribution in [0.4, 0.5) is 0 Å². The largest absolute Gasteiger partial charge is 0.409 e. The highest BCUT2D eigenvalue weighted by atomic mass is 16.5. The molecule has 6 heteroatoms. The van der Waals surface area contributed by atoms with Gasteiger partial charge in [-0.05, 0) is 18.8 Å². The average Bonchev–Trinajstić information content (AvgIpc) is 2.38. The molecule has 0 heterocycles. The van der Waals surface area contributed by atoms with Crippen molar-refractivity contribution in [2.75, 3.05) is 13.7 Å². The first-order valence-corrected chi connectivity index (χ1v) is 6.82. The van der Waals surface area contributed by atoms with Crippen LogP contribution in [0, 0.1) is 5.92 Å². The Morgan fingerprint density at radius 3 is 2.63 bits per heavy atom. The summed E-state index contributed by atoms with van der Waals surface area (Å²) >= 11 is 0. The number of hydrogen-bond acceptors (Lipinski definition) is 4. The van der Waals surface area contributed by atoms with Gasteiger partial charge in [-0.15, -0.1) is 0 Å². The van der Waals surface area contributed by atoms with Gasteiger partial charge >= 0.3 is 0 Å². The van der Waals surface area contributed by atoms with Crippen LogP contribution >= 0.6 is 0 Å². The summed E-state index contributed by atoms with van der Waals surface area (Å²) < 4.78 is 5.02. The first-order valence-electron chi connectivity index (χ1n) is 6.82. The van der Waals surface area contributed by atoms with Crippen LogP contribution in [0.5, 0.6) is 0 Å². The fourth-order valence-corrected chi connectivity index (χ4v) is 2.67. The molecule has 1 saturated carbocycles. The summed E-state index contributed by atoms with van der Waals surface area (Å²) in [7, 11) is 1.62. The summed E-state index contributed by atoms with van der Waals surface area (Å²) in [5.41, 5.74) is 5.11. The van der Waals surface area contributed by atoms with Gasteiger partial charge in [-0.1, -0.05) is 31.3 Å². The van der Waals surface area contributed by atoms with Gasteiger partial charge in [0.15, 0.2) is 5.84 Å². The minimum Gasteiger partial charge on any atom is -0.409 e. The van der Waals surface area contributed by atoms with Gasteiger partial charge in [0.2, 0.25) is 5.91 Å². The lowest BCUT2D eigenvalue weighted by atomic mass is 9.80. The Labute approximate surface area is 114 Å². The highest BCUT2D eigenvalue weighted by Crippen LogP contribution is 2.28. The van der Waals surface area contributed by atoms with Crippen molar-refractivity contribution in [1.82, 2.24) is 5.32 Å². The van der Waals surface area contributed by atoms with Crippen molar-refractivity contribution in [2.45, 2.75) is 51.0 Å². The van der Waals surface area contributed by atoms with Gasteiger partial charge in [0.1, 0.15) is 5.54 Å². The number of nitrogens with one attached hydrogen (secondary N) is 1. The van der Waals surface area contributed by atoms with Gasteiger partial charge < -0.3 is 21.0 Å². The van der Waals surface area contributed by atoms with E-state index in [1.807, 2.05) is 6.92 Å². The summed E-state index contributed by atoms with van der Waals surface area (Å²) in [5.74, 6) is 0.191. The lowest BCUT2D eigenvalue weighted by Crippen LogP contribution is -2.58. The van der Waals surface area contributed by atoms with E-state index in [0.717, 1.165) is 32.1 Å². The minimum atomic E-state index is -0.670. The summed E-state index contributed by atoms with van der Waals surface area (Å²) in [4.78, 5) is 12.1. The van der Waals surface area contributed by atoms with E-state index in [4.69, 9.17) is 15.7 Å². The summed E-state index contributed by atoms with van der Waals surface area (Å²) in [6, 6.07) is 0. The number of nitrogens with zero attached hydrogens (tertiary/aromatic N) is 1. The predicted molar refractivity (Wildman–Crippen MR) is 73.0 cm³/mol. The lowest BCUT2D eigenvalue weighted by molar-refractivity contribution is -0.123. The number of amides is 1. The van der Waals surface area contributed by atoms with Crippen LogP contribution in [0.1, 0.15) is 45.4 Å². The van der Waals surface area contributed by atoms with Gasteiger partial charge in [0.25, 0.3) is 0 Å². The van der Waals surface area contributed by atoms with Crippen molar-refractivity contribution in [3.63, 3.8) is 0 Å². The second kappa shape index (κ2) is 7.33. The number of ether oxygens (including phenoxy) is 1. The molecule has 0 aromatic carbocycles. The lowest BCUT2D eigenvalue weighted by Gasteiger charge is -2.37. The fourth-order valence-electron chi connectivity index (χ4n) is 2.67. The predicted octanol–water partition coefficient (Wildman–Crippen LogP) is 1.22. The van der Waals surface area contributed by atoms with E-state index in [9.17, 15) is 4.79 Å². The van der Waals surface area contributed by atoms with E-state index < -0.39 is 5.54 Å². The zero-order valence-corrected chi connectivity index (χ0v) is 11.8. The standard InChI is InChI=1S/C13H25N3O3/c1-10(9-19-2)8-11(17)15-13(12(14)16-18)6-4-3-5-7-13/h10,18H,3-9H2,1-2H3,(H2,14,16)(H,15,17). The first-order chi connectivity index (χ1) is 9.04. The summed E-state index contributed by atoms with van der Waals surface area (Å²) in [6.07, 6.45) is 4.92. The highest BCUT2D eigenvalue weighted by molar-refractivity contribution is 5.94. The number of carbonyl (C=O) groups excluding carboxylic acids is 1. The third kappa shape index (κ3) is 4.38. The monoisotopic (exact) mass is 271 g/mol. The molecule has 4 N–H and O–H groups in total. The maximum absolute atomic E-state index is 12.1. The molecular formula is C13H25N3O3. The van der Waals surface area contributed by atoms with Crippen molar-refractivity contribution in [3.8, 4) is 0 Å². The molecule has 1 rings (SSSR count).